The van der Waals surface area contributed by atoms with Gasteiger partial charge in [-0.3, -0.25) is 14.7 Å². The molecule has 3 rings (SSSR count). The Bertz CT molecular complexity index is 756. The molecule has 0 saturated carbocycles. The average molecular weight is 393 g/mol. The molecule has 0 spiro atoms. The molecule has 0 bridgehead atoms. The van der Waals surface area contributed by atoms with Gasteiger partial charge in [0.2, 0.25) is 5.91 Å². The molecule has 1 aromatic carbocycles. The van der Waals surface area contributed by atoms with Gasteiger partial charge in [0.1, 0.15) is 0 Å². The highest BCUT2D eigenvalue weighted by atomic mass is 35.5. The van der Waals surface area contributed by atoms with Crippen molar-refractivity contribution in [2.75, 3.05) is 33.2 Å². The second-order valence-electron chi connectivity index (χ2n) is 6.48. The van der Waals surface area contributed by atoms with E-state index in [1.54, 1.807) is 23.2 Å². The molecule has 0 radical (unpaired) electrons. The summed E-state index contributed by atoms with van der Waals surface area (Å²) >= 11 is 12.0. The number of aromatic nitrogens is 1. The molecule has 1 fully saturated rings. The summed E-state index contributed by atoms with van der Waals surface area (Å²) in [6.45, 7) is 3.39. The Morgan fingerprint density at radius 3 is 2.92 bits per heavy atom. The summed E-state index contributed by atoms with van der Waals surface area (Å²) in [5.41, 5.74) is 2.08. The lowest BCUT2D eigenvalue weighted by Gasteiger charge is -2.36. The molecule has 138 valence electrons. The molecular weight excluding hydrogens is 371 g/mol. The first-order valence-corrected chi connectivity index (χ1v) is 9.33. The van der Waals surface area contributed by atoms with Gasteiger partial charge in [-0.2, -0.15) is 0 Å². The smallest absolute Gasteiger partial charge is 0.236 e. The number of halogens is 2. The number of rotatable bonds is 5. The van der Waals surface area contributed by atoms with Gasteiger partial charge in [0, 0.05) is 51.7 Å². The van der Waals surface area contributed by atoms with Crippen LogP contribution in [0.4, 0.5) is 0 Å². The van der Waals surface area contributed by atoms with Crippen LogP contribution in [0.25, 0.3) is 0 Å². The van der Waals surface area contributed by atoms with Crippen LogP contribution in [0, 0.1) is 0 Å². The number of hydrogen-bond donors (Lipinski definition) is 1. The first kappa shape index (κ1) is 19.1. The zero-order valence-electron chi connectivity index (χ0n) is 14.7. The highest BCUT2D eigenvalue weighted by molar-refractivity contribution is 6.42. The van der Waals surface area contributed by atoms with Crippen molar-refractivity contribution in [2.24, 2.45) is 0 Å². The summed E-state index contributed by atoms with van der Waals surface area (Å²) < 4.78 is 0. The van der Waals surface area contributed by atoms with Crippen molar-refractivity contribution in [1.29, 1.82) is 0 Å². The fourth-order valence-electron chi connectivity index (χ4n) is 3.13. The Kier molecular flexibility index (Phi) is 6.48. The lowest BCUT2D eigenvalue weighted by Crippen LogP contribution is -2.49. The van der Waals surface area contributed by atoms with Gasteiger partial charge >= 0.3 is 0 Å². The SMILES string of the molecule is CN(Cc1ccc(Cl)c(Cl)c1)C(=O)CN1CCNCC1c1cccnc1. The number of pyridine rings is 1. The van der Waals surface area contributed by atoms with Gasteiger partial charge in [0.15, 0.2) is 0 Å². The van der Waals surface area contributed by atoms with Crippen molar-refractivity contribution in [2.45, 2.75) is 12.6 Å². The molecule has 1 amide bonds. The van der Waals surface area contributed by atoms with Crippen LogP contribution in [0.1, 0.15) is 17.2 Å². The van der Waals surface area contributed by atoms with Crippen molar-refractivity contribution >= 4 is 29.1 Å². The van der Waals surface area contributed by atoms with Crippen LogP contribution in [0.3, 0.4) is 0 Å². The van der Waals surface area contributed by atoms with Gasteiger partial charge in [-0.1, -0.05) is 35.3 Å². The third-order valence-electron chi connectivity index (χ3n) is 4.59. The first-order valence-electron chi connectivity index (χ1n) is 8.57. The van der Waals surface area contributed by atoms with E-state index >= 15 is 0 Å². The number of likely N-dealkylation sites (N-methyl/N-ethyl adjacent to an activating group) is 1. The molecule has 5 nitrogen and oxygen atoms in total. The van der Waals surface area contributed by atoms with Crippen molar-refractivity contribution in [3.05, 3.63) is 63.9 Å². The van der Waals surface area contributed by atoms with E-state index in [1.165, 1.54) is 0 Å². The first-order chi connectivity index (χ1) is 12.5. The Hall–Kier alpha value is -1.66. The maximum absolute atomic E-state index is 12.7. The molecule has 1 atom stereocenters. The summed E-state index contributed by atoms with van der Waals surface area (Å²) in [6.07, 6.45) is 3.63. The summed E-state index contributed by atoms with van der Waals surface area (Å²) in [5, 5.41) is 4.42. The van der Waals surface area contributed by atoms with E-state index in [2.05, 4.69) is 21.3 Å². The van der Waals surface area contributed by atoms with Crippen molar-refractivity contribution in [3.63, 3.8) is 0 Å². The van der Waals surface area contributed by atoms with Crippen molar-refractivity contribution in [1.82, 2.24) is 20.1 Å². The van der Waals surface area contributed by atoms with E-state index in [9.17, 15) is 4.79 Å². The van der Waals surface area contributed by atoms with E-state index in [-0.39, 0.29) is 11.9 Å². The fourth-order valence-corrected chi connectivity index (χ4v) is 3.45. The van der Waals surface area contributed by atoms with Crippen LogP contribution in [0.15, 0.2) is 42.7 Å². The molecule has 2 aromatic rings. The maximum atomic E-state index is 12.7. The third-order valence-corrected chi connectivity index (χ3v) is 5.33. The minimum Gasteiger partial charge on any atom is -0.340 e. The highest BCUT2D eigenvalue weighted by Crippen LogP contribution is 2.24. The molecule has 26 heavy (non-hydrogen) atoms. The monoisotopic (exact) mass is 392 g/mol. The third kappa shape index (κ3) is 4.74. The Labute approximate surface area is 163 Å². The predicted octanol–water partition coefficient (Wildman–Crippen LogP) is 2.99. The van der Waals surface area contributed by atoms with Gasteiger partial charge in [-0.15, -0.1) is 0 Å². The van der Waals surface area contributed by atoms with E-state index in [1.807, 2.05) is 25.4 Å². The molecular formula is C19H22Cl2N4O. The summed E-state index contributed by atoms with van der Waals surface area (Å²) in [5.74, 6) is 0.0758. The highest BCUT2D eigenvalue weighted by Gasteiger charge is 2.26. The molecule has 1 aromatic heterocycles. The van der Waals surface area contributed by atoms with Crippen LogP contribution >= 0.6 is 23.2 Å². The summed E-state index contributed by atoms with van der Waals surface area (Å²) in [6, 6.07) is 9.59. The molecule has 7 heteroatoms. The van der Waals surface area contributed by atoms with Crippen LogP contribution in [-0.2, 0) is 11.3 Å². The van der Waals surface area contributed by atoms with E-state index in [0.717, 1.165) is 30.8 Å². The summed E-state index contributed by atoms with van der Waals surface area (Å²) in [7, 11) is 1.81. The van der Waals surface area contributed by atoms with E-state index in [0.29, 0.717) is 23.1 Å². The normalized spacial score (nSPS) is 17.9. The van der Waals surface area contributed by atoms with Crippen LogP contribution in [0.2, 0.25) is 10.0 Å². The number of carbonyl (C=O) groups is 1. The van der Waals surface area contributed by atoms with Crippen LogP contribution in [0.5, 0.6) is 0 Å². The van der Waals surface area contributed by atoms with Gasteiger partial charge < -0.3 is 10.2 Å². The van der Waals surface area contributed by atoms with Gasteiger partial charge in [0.05, 0.1) is 16.6 Å². The number of piperazine rings is 1. The largest absolute Gasteiger partial charge is 0.340 e. The topological polar surface area (TPSA) is 48.5 Å². The van der Waals surface area contributed by atoms with Gasteiger partial charge in [-0.05, 0) is 29.3 Å². The zero-order chi connectivity index (χ0) is 18.5. The number of nitrogens with zero attached hydrogens (tertiary/aromatic N) is 3. The fraction of sp³-hybridized carbons (Fsp3) is 0.368. The minimum atomic E-state index is 0.0758. The van der Waals surface area contributed by atoms with Crippen molar-refractivity contribution in [3.8, 4) is 0 Å². The molecule has 1 aliphatic rings. The molecule has 0 aliphatic carbocycles. The van der Waals surface area contributed by atoms with Gasteiger partial charge in [0.25, 0.3) is 0 Å². The molecule has 1 N–H and O–H groups in total. The quantitative estimate of drug-likeness (QED) is 0.849. The number of carbonyl (C=O) groups excluding carboxylic acids is 1. The second kappa shape index (κ2) is 8.82. The molecule has 2 heterocycles. The van der Waals surface area contributed by atoms with Crippen LogP contribution < -0.4 is 5.32 Å². The zero-order valence-corrected chi connectivity index (χ0v) is 16.2. The lowest BCUT2D eigenvalue weighted by atomic mass is 10.1. The number of amides is 1. The summed E-state index contributed by atoms with van der Waals surface area (Å²) in [4.78, 5) is 20.9. The lowest BCUT2D eigenvalue weighted by molar-refractivity contribution is -0.132. The van der Waals surface area contributed by atoms with E-state index < -0.39 is 0 Å². The maximum Gasteiger partial charge on any atom is 0.236 e. The number of hydrogen-bond acceptors (Lipinski definition) is 4. The second-order valence-corrected chi connectivity index (χ2v) is 7.29. The Balaban J connectivity index is 1.64. The minimum absolute atomic E-state index is 0.0758. The average Bonchev–Trinajstić information content (AvgIpc) is 2.66. The molecule has 1 aliphatic heterocycles. The standard InChI is InChI=1S/C19H22Cl2N4O/c1-24(12-14-4-5-16(20)17(21)9-14)19(26)13-25-8-7-23-11-18(25)15-3-2-6-22-10-15/h2-6,9-10,18,23H,7-8,11-13H2,1H3. The van der Waals surface area contributed by atoms with Crippen molar-refractivity contribution < 1.29 is 4.79 Å². The van der Waals surface area contributed by atoms with E-state index in [4.69, 9.17) is 23.2 Å². The Morgan fingerprint density at radius 2 is 2.19 bits per heavy atom. The number of nitrogens with one attached hydrogen (secondary N) is 1. The number of benzene rings is 1. The predicted molar refractivity (Wildman–Crippen MR) is 104 cm³/mol. The van der Waals surface area contributed by atoms with Gasteiger partial charge in [-0.25, -0.2) is 0 Å². The van der Waals surface area contributed by atoms with Crippen LogP contribution in [-0.4, -0.2) is 53.9 Å². The Morgan fingerprint density at radius 1 is 1.35 bits per heavy atom. The molecule has 1 unspecified atom stereocenters. The molecule has 1 saturated heterocycles.